The smallest absolute Gasteiger partial charge is 0.301 e. The van der Waals surface area contributed by atoms with Crippen LogP contribution in [-0.4, -0.2) is 51.9 Å². The van der Waals surface area contributed by atoms with Gasteiger partial charge in [0.2, 0.25) is 5.95 Å². The summed E-state index contributed by atoms with van der Waals surface area (Å²) in [4.78, 5) is 23.9. The Kier molecular flexibility index (Phi) is 4.02. The number of ether oxygens (including phenoxy) is 1. The summed E-state index contributed by atoms with van der Waals surface area (Å²) in [6.07, 6.45) is 0. The van der Waals surface area contributed by atoms with E-state index < -0.39 is 0 Å². The minimum atomic E-state index is -0.121. The Labute approximate surface area is 128 Å². The molecule has 0 spiro atoms. The Bertz CT molecular complexity index is 729. The van der Waals surface area contributed by atoms with Crippen LogP contribution in [0.3, 0.4) is 0 Å². The van der Waals surface area contributed by atoms with Crippen molar-refractivity contribution >= 4 is 17.1 Å². The van der Waals surface area contributed by atoms with Crippen LogP contribution < -0.4 is 20.5 Å². The summed E-state index contributed by atoms with van der Waals surface area (Å²) in [6.45, 7) is 8.62. The molecule has 3 heterocycles. The SMILES string of the molecule is CCOc1nc2nc(N3CCNCC3)n(CC)c2c(=O)n1C. The zero-order chi connectivity index (χ0) is 15.7. The van der Waals surface area contributed by atoms with E-state index >= 15 is 0 Å². The van der Waals surface area contributed by atoms with Crippen LogP contribution in [0, 0.1) is 0 Å². The third-order valence-corrected chi connectivity index (χ3v) is 3.91. The van der Waals surface area contributed by atoms with Crippen molar-refractivity contribution in [3.63, 3.8) is 0 Å². The molecule has 1 saturated heterocycles. The van der Waals surface area contributed by atoms with Gasteiger partial charge in [-0.05, 0) is 13.8 Å². The van der Waals surface area contributed by atoms with Gasteiger partial charge in [-0.25, -0.2) is 0 Å². The number of rotatable bonds is 4. The molecule has 1 N–H and O–H groups in total. The van der Waals surface area contributed by atoms with Crippen LogP contribution >= 0.6 is 0 Å². The second kappa shape index (κ2) is 5.96. The van der Waals surface area contributed by atoms with Crippen molar-refractivity contribution in [2.75, 3.05) is 37.7 Å². The first kappa shape index (κ1) is 14.8. The maximum atomic E-state index is 12.7. The van der Waals surface area contributed by atoms with E-state index in [1.54, 1.807) is 7.05 Å². The number of hydrogen-bond donors (Lipinski definition) is 1. The lowest BCUT2D eigenvalue weighted by atomic mass is 10.4. The summed E-state index contributed by atoms with van der Waals surface area (Å²) in [5.41, 5.74) is 0.883. The highest BCUT2D eigenvalue weighted by Crippen LogP contribution is 2.21. The summed E-state index contributed by atoms with van der Waals surface area (Å²) >= 11 is 0. The first-order valence-electron chi connectivity index (χ1n) is 7.73. The van der Waals surface area contributed by atoms with E-state index in [2.05, 4.69) is 20.2 Å². The molecule has 3 rings (SSSR count). The van der Waals surface area contributed by atoms with Gasteiger partial charge in [-0.15, -0.1) is 0 Å². The lowest BCUT2D eigenvalue weighted by Gasteiger charge is -2.28. The fourth-order valence-electron chi connectivity index (χ4n) is 2.79. The highest BCUT2D eigenvalue weighted by atomic mass is 16.5. The van der Waals surface area contributed by atoms with Gasteiger partial charge in [0.25, 0.3) is 5.56 Å². The highest BCUT2D eigenvalue weighted by molar-refractivity contribution is 5.74. The molecule has 0 atom stereocenters. The molecule has 0 radical (unpaired) electrons. The van der Waals surface area contributed by atoms with Crippen molar-refractivity contribution in [1.29, 1.82) is 0 Å². The lowest BCUT2D eigenvalue weighted by molar-refractivity contribution is 0.297. The van der Waals surface area contributed by atoms with Crippen LogP contribution in [-0.2, 0) is 13.6 Å². The van der Waals surface area contributed by atoms with Gasteiger partial charge in [-0.3, -0.25) is 9.36 Å². The van der Waals surface area contributed by atoms with Gasteiger partial charge in [-0.2, -0.15) is 9.97 Å². The summed E-state index contributed by atoms with van der Waals surface area (Å²) in [5.74, 6) is 0.817. The first-order chi connectivity index (χ1) is 10.7. The van der Waals surface area contributed by atoms with Gasteiger partial charge in [-0.1, -0.05) is 0 Å². The second-order valence-electron chi connectivity index (χ2n) is 5.26. The maximum Gasteiger partial charge on any atom is 0.301 e. The predicted molar refractivity (Wildman–Crippen MR) is 84.7 cm³/mol. The first-order valence-corrected chi connectivity index (χ1v) is 7.73. The molecule has 1 aliphatic heterocycles. The molecule has 0 aliphatic carbocycles. The molecule has 120 valence electrons. The molecule has 0 amide bonds. The van der Waals surface area contributed by atoms with Crippen molar-refractivity contribution in [2.45, 2.75) is 20.4 Å². The number of nitrogens with one attached hydrogen (secondary N) is 1. The monoisotopic (exact) mass is 306 g/mol. The highest BCUT2D eigenvalue weighted by Gasteiger charge is 2.22. The summed E-state index contributed by atoms with van der Waals surface area (Å²) in [7, 11) is 1.68. The Morgan fingerprint density at radius 3 is 2.59 bits per heavy atom. The van der Waals surface area contributed by atoms with Crippen LogP contribution in [0.1, 0.15) is 13.8 Å². The number of hydrogen-bond acceptors (Lipinski definition) is 6. The molecule has 8 nitrogen and oxygen atoms in total. The van der Waals surface area contributed by atoms with Crippen LogP contribution in [0.4, 0.5) is 5.95 Å². The topological polar surface area (TPSA) is 77.2 Å². The van der Waals surface area contributed by atoms with Crippen LogP contribution in [0.5, 0.6) is 6.01 Å². The fourth-order valence-corrected chi connectivity index (χ4v) is 2.79. The molecular weight excluding hydrogens is 284 g/mol. The number of nitrogens with zero attached hydrogens (tertiary/aromatic N) is 5. The van der Waals surface area contributed by atoms with Crippen molar-refractivity contribution in [1.82, 2.24) is 24.4 Å². The van der Waals surface area contributed by atoms with E-state index in [9.17, 15) is 4.79 Å². The van der Waals surface area contributed by atoms with Gasteiger partial charge < -0.3 is 19.5 Å². The van der Waals surface area contributed by atoms with Crippen molar-refractivity contribution in [3.05, 3.63) is 10.4 Å². The van der Waals surface area contributed by atoms with Gasteiger partial charge in [0.15, 0.2) is 11.2 Å². The number of aryl methyl sites for hydroxylation is 1. The van der Waals surface area contributed by atoms with Gasteiger partial charge in [0, 0.05) is 39.8 Å². The number of imidazole rings is 1. The standard InChI is InChI=1S/C14H22N6O2/c1-4-20-10-11(16-13(20)19-8-6-15-7-9-19)17-14(22-5-2)18(3)12(10)21/h15H,4-9H2,1-3H3. The van der Waals surface area contributed by atoms with Crippen molar-refractivity contribution < 1.29 is 4.74 Å². The minimum Gasteiger partial charge on any atom is -0.465 e. The third kappa shape index (κ3) is 2.33. The van der Waals surface area contributed by atoms with E-state index in [1.165, 1.54) is 4.57 Å². The molecule has 0 bridgehead atoms. The second-order valence-corrected chi connectivity index (χ2v) is 5.26. The molecule has 0 aromatic carbocycles. The van der Waals surface area contributed by atoms with Crippen molar-refractivity contribution in [3.8, 4) is 6.01 Å². The Morgan fingerprint density at radius 2 is 1.95 bits per heavy atom. The van der Waals surface area contributed by atoms with E-state index in [0.717, 1.165) is 32.1 Å². The van der Waals surface area contributed by atoms with Crippen LogP contribution in [0.15, 0.2) is 4.79 Å². The zero-order valence-corrected chi connectivity index (χ0v) is 13.3. The molecule has 2 aromatic rings. The largest absolute Gasteiger partial charge is 0.465 e. The van der Waals surface area contributed by atoms with Gasteiger partial charge >= 0.3 is 6.01 Å². The summed E-state index contributed by atoms with van der Waals surface area (Å²) < 4.78 is 8.83. The van der Waals surface area contributed by atoms with Gasteiger partial charge in [0.1, 0.15) is 0 Å². The van der Waals surface area contributed by atoms with Crippen LogP contribution in [0.2, 0.25) is 0 Å². The maximum absolute atomic E-state index is 12.7. The van der Waals surface area contributed by atoms with Gasteiger partial charge in [0.05, 0.1) is 6.61 Å². The number of piperazine rings is 1. The molecule has 0 saturated carbocycles. The predicted octanol–water partition coefficient (Wildman–Crippen LogP) is -0.0418. The Balaban J connectivity index is 2.18. The number of anilines is 1. The van der Waals surface area contributed by atoms with Crippen molar-refractivity contribution in [2.24, 2.45) is 7.05 Å². The molecule has 1 fully saturated rings. The van der Waals surface area contributed by atoms with E-state index in [4.69, 9.17) is 4.74 Å². The Morgan fingerprint density at radius 1 is 1.23 bits per heavy atom. The molecule has 22 heavy (non-hydrogen) atoms. The quantitative estimate of drug-likeness (QED) is 0.854. The summed E-state index contributed by atoms with van der Waals surface area (Å²) in [5, 5.41) is 3.32. The average Bonchev–Trinajstić information content (AvgIpc) is 2.92. The normalized spacial score (nSPS) is 15.5. The molecule has 2 aromatic heterocycles. The number of fused-ring (bicyclic) bond motifs is 1. The van der Waals surface area contributed by atoms with E-state index in [-0.39, 0.29) is 5.56 Å². The zero-order valence-electron chi connectivity index (χ0n) is 13.3. The summed E-state index contributed by atoms with van der Waals surface area (Å²) in [6, 6.07) is 0.313. The molecule has 1 aliphatic rings. The fraction of sp³-hybridized carbons (Fsp3) is 0.643. The minimum absolute atomic E-state index is 0.121. The van der Waals surface area contributed by atoms with Crippen LogP contribution in [0.25, 0.3) is 11.2 Å². The Hall–Kier alpha value is -2.09. The molecule has 0 unspecified atom stereocenters. The molecule has 8 heteroatoms. The number of aromatic nitrogens is 4. The average molecular weight is 306 g/mol. The van der Waals surface area contributed by atoms with E-state index in [0.29, 0.717) is 30.3 Å². The molecular formula is C14H22N6O2. The lowest BCUT2D eigenvalue weighted by Crippen LogP contribution is -2.44. The third-order valence-electron chi connectivity index (χ3n) is 3.91. The van der Waals surface area contributed by atoms with E-state index in [1.807, 2.05) is 18.4 Å².